The summed E-state index contributed by atoms with van der Waals surface area (Å²) >= 11 is -2.50. The van der Waals surface area contributed by atoms with Crippen molar-refractivity contribution in [2.24, 2.45) is 0 Å². The fourth-order valence-corrected chi connectivity index (χ4v) is 25.1. The SMILES string of the molecule is [Cl-].[Cl-].c1ccc([Si](c2ccccc2)=[Zr+2]([c]2ccc3cccccc2-3)[c]2ccc3cccccc2-3)cc1. The van der Waals surface area contributed by atoms with E-state index in [4.69, 9.17) is 0 Å². The topological polar surface area (TPSA) is 0 Å². The molecule has 174 valence electrons. The Morgan fingerprint density at radius 2 is 0.722 bits per heavy atom. The molecular weight excluding hydrogens is 575 g/mol. The normalized spacial score (nSPS) is 10.1. The van der Waals surface area contributed by atoms with Crippen LogP contribution < -0.4 is 41.7 Å². The Hall–Kier alpha value is -2.48. The first-order chi connectivity index (χ1) is 16.9. The predicted molar refractivity (Wildman–Crippen MR) is 143 cm³/mol. The molecule has 4 aliphatic carbocycles. The zero-order valence-corrected chi connectivity index (χ0v) is 24.6. The summed E-state index contributed by atoms with van der Waals surface area (Å²) < 4.78 is 3.24. The molecule has 0 bridgehead atoms. The minimum absolute atomic E-state index is 0. The van der Waals surface area contributed by atoms with Crippen molar-refractivity contribution in [3.8, 4) is 22.3 Å². The summed E-state index contributed by atoms with van der Waals surface area (Å²) in [6, 6.07) is 54.5. The van der Waals surface area contributed by atoms with Gasteiger partial charge in [0.2, 0.25) is 0 Å². The maximum atomic E-state index is 2.46. The molecule has 0 atom stereocenters. The van der Waals surface area contributed by atoms with Gasteiger partial charge >= 0.3 is 211 Å². The van der Waals surface area contributed by atoms with E-state index in [1.807, 2.05) is 0 Å². The maximum absolute atomic E-state index is 2.50. The van der Waals surface area contributed by atoms with Crippen LogP contribution in [0, 0.1) is 0 Å². The molecule has 0 amide bonds. The molecule has 0 radical (unpaired) electrons. The van der Waals surface area contributed by atoms with Crippen molar-refractivity contribution in [1.29, 1.82) is 0 Å². The zero-order valence-electron chi connectivity index (χ0n) is 19.6. The molecular formula is C32H24Cl2SiZr. The van der Waals surface area contributed by atoms with Crippen molar-refractivity contribution in [2.45, 2.75) is 0 Å². The van der Waals surface area contributed by atoms with E-state index in [-0.39, 0.29) is 24.8 Å². The Morgan fingerprint density at radius 3 is 1.14 bits per heavy atom. The fourth-order valence-electron chi connectivity index (χ4n) is 4.94. The number of hydrogen-bond acceptors (Lipinski definition) is 0. The molecule has 0 aromatic heterocycles. The van der Waals surface area contributed by atoms with Gasteiger partial charge in [0.25, 0.3) is 0 Å². The van der Waals surface area contributed by atoms with Crippen molar-refractivity contribution < 1.29 is 45.2 Å². The minimum atomic E-state index is -2.50. The van der Waals surface area contributed by atoms with Crippen LogP contribution in [0.3, 0.4) is 0 Å². The van der Waals surface area contributed by atoms with E-state index in [1.54, 1.807) is 6.54 Å². The average Bonchev–Trinajstić information content (AvgIpc) is 3.27. The van der Waals surface area contributed by atoms with Crippen LogP contribution >= 0.6 is 0 Å². The quantitative estimate of drug-likeness (QED) is 0.235. The average molecular weight is 599 g/mol. The van der Waals surface area contributed by atoms with E-state index < -0.39 is 25.8 Å². The molecule has 6 rings (SSSR count). The first-order valence-electron chi connectivity index (χ1n) is 11.7. The molecule has 0 nitrogen and oxygen atoms in total. The second kappa shape index (κ2) is 12.2. The van der Waals surface area contributed by atoms with Gasteiger partial charge in [-0.2, -0.15) is 0 Å². The Labute approximate surface area is 233 Å². The van der Waals surface area contributed by atoms with Gasteiger partial charge in [-0.15, -0.1) is 0 Å². The van der Waals surface area contributed by atoms with Gasteiger partial charge in [-0.25, -0.2) is 0 Å². The van der Waals surface area contributed by atoms with Crippen LogP contribution in [0.1, 0.15) is 0 Å². The summed E-state index contributed by atoms with van der Waals surface area (Å²) in [6.45, 7) is 0. The molecule has 0 aliphatic heterocycles. The van der Waals surface area contributed by atoms with Gasteiger partial charge in [0.15, 0.2) is 0 Å². The second-order valence-corrected chi connectivity index (χ2v) is 21.6. The Bertz CT molecular complexity index is 1430. The van der Waals surface area contributed by atoms with Crippen LogP contribution in [0.2, 0.25) is 0 Å². The third-order valence-electron chi connectivity index (χ3n) is 6.50. The van der Waals surface area contributed by atoms with Crippen LogP contribution in [0.5, 0.6) is 0 Å². The molecule has 0 spiro atoms. The predicted octanol–water partition coefficient (Wildman–Crippen LogP) is -0.721. The Morgan fingerprint density at radius 1 is 0.361 bits per heavy atom. The molecule has 2 aromatic rings. The van der Waals surface area contributed by atoms with Gasteiger partial charge in [-0.05, 0) is 0 Å². The van der Waals surface area contributed by atoms with Gasteiger partial charge in [0.05, 0.1) is 0 Å². The summed E-state index contributed by atoms with van der Waals surface area (Å²) in [4.78, 5) is 0. The molecule has 0 fully saturated rings. The van der Waals surface area contributed by atoms with Crippen molar-refractivity contribution in [3.05, 3.63) is 146 Å². The first-order valence-corrected chi connectivity index (χ1v) is 19.4. The van der Waals surface area contributed by atoms with Crippen molar-refractivity contribution in [1.82, 2.24) is 0 Å². The molecule has 0 N–H and O–H groups in total. The van der Waals surface area contributed by atoms with Crippen LogP contribution in [0.25, 0.3) is 22.3 Å². The van der Waals surface area contributed by atoms with E-state index in [0.717, 1.165) is 0 Å². The summed E-state index contributed by atoms with van der Waals surface area (Å²) in [5.41, 5.74) is 4.55. The third kappa shape index (κ3) is 5.15. The molecule has 4 aliphatic rings. The summed E-state index contributed by atoms with van der Waals surface area (Å²) in [5, 5.41) is 3.05. The number of fused-ring (bicyclic) bond motifs is 2. The summed E-state index contributed by atoms with van der Waals surface area (Å²) in [6.07, 6.45) is 0. The van der Waals surface area contributed by atoms with Crippen LogP contribution in [0.15, 0.2) is 146 Å². The molecule has 0 saturated heterocycles. The summed E-state index contributed by atoms with van der Waals surface area (Å²) in [7, 11) is 0. The van der Waals surface area contributed by atoms with Crippen LogP contribution in [0.4, 0.5) is 0 Å². The number of rotatable bonds is 4. The standard InChI is InChI=1S/C12H10Si.2C10H7.2ClH.Zr/c1-3-7-11(8-4-1)13-12-9-5-2-6-10-12;2*1-2-5-9-7-4-8-10(9)6-3-1;;;/h1-10H;2*1-7H;2*1H;/q;;;;;+2/p-2. The molecule has 0 unspecified atom stereocenters. The Kier molecular flexibility index (Phi) is 8.99. The first kappa shape index (κ1) is 26.6. The van der Waals surface area contributed by atoms with Gasteiger partial charge < -0.3 is 24.8 Å². The van der Waals surface area contributed by atoms with Crippen molar-refractivity contribution in [2.75, 3.05) is 0 Å². The van der Waals surface area contributed by atoms with Gasteiger partial charge in [0, 0.05) is 0 Å². The molecule has 2 aromatic carbocycles. The van der Waals surface area contributed by atoms with E-state index >= 15 is 0 Å². The second-order valence-electron chi connectivity index (χ2n) is 8.54. The fraction of sp³-hybridized carbons (Fsp3) is 0. The number of hydrogen-bond donors (Lipinski definition) is 0. The van der Waals surface area contributed by atoms with Gasteiger partial charge in [-0.3, -0.25) is 0 Å². The monoisotopic (exact) mass is 596 g/mol. The van der Waals surface area contributed by atoms with E-state index in [0.29, 0.717) is 0 Å². The Balaban J connectivity index is 0.00000152. The van der Waals surface area contributed by atoms with E-state index in [1.165, 1.54) is 32.6 Å². The van der Waals surface area contributed by atoms with Crippen LogP contribution in [-0.2, 0) is 20.4 Å². The third-order valence-corrected chi connectivity index (χ3v) is 24.7. The molecule has 36 heavy (non-hydrogen) atoms. The number of benzene rings is 2. The molecule has 0 saturated carbocycles. The molecule has 4 heteroatoms. The zero-order chi connectivity index (χ0) is 22.7. The van der Waals surface area contributed by atoms with E-state index in [9.17, 15) is 0 Å². The summed E-state index contributed by atoms with van der Waals surface area (Å²) in [5.74, 6) is 0. The van der Waals surface area contributed by atoms with Gasteiger partial charge in [0.1, 0.15) is 0 Å². The number of halogens is 2. The van der Waals surface area contributed by atoms with Crippen molar-refractivity contribution in [3.63, 3.8) is 0 Å². The molecule has 0 heterocycles. The van der Waals surface area contributed by atoms with Gasteiger partial charge in [-0.1, -0.05) is 0 Å². The van der Waals surface area contributed by atoms with E-state index in [2.05, 4.69) is 146 Å². The van der Waals surface area contributed by atoms with Crippen molar-refractivity contribution >= 4 is 22.3 Å². The van der Waals surface area contributed by atoms with Crippen LogP contribution in [-0.4, -0.2) is 5.43 Å².